The number of carbonyl (C=O) groups excluding carboxylic acids is 1. The molecule has 0 spiro atoms. The van der Waals surface area contributed by atoms with E-state index >= 15 is 0 Å². The van der Waals surface area contributed by atoms with Crippen molar-refractivity contribution < 1.29 is 9.53 Å². The molecule has 2 aliphatic heterocycles. The van der Waals surface area contributed by atoms with Crippen LogP contribution in [0.1, 0.15) is 63.8 Å². The van der Waals surface area contributed by atoms with E-state index < -0.39 is 0 Å². The molecule has 2 fully saturated rings. The van der Waals surface area contributed by atoms with Crippen LogP contribution in [-0.2, 0) is 22.5 Å². The zero-order valence-electron chi connectivity index (χ0n) is 17.0. The summed E-state index contributed by atoms with van der Waals surface area (Å²) in [6, 6.07) is 2.21. The lowest BCUT2D eigenvalue weighted by molar-refractivity contribution is -0.122. The van der Waals surface area contributed by atoms with E-state index in [4.69, 9.17) is 4.74 Å². The highest BCUT2D eigenvalue weighted by Gasteiger charge is 2.21. The van der Waals surface area contributed by atoms with Crippen molar-refractivity contribution in [2.45, 2.75) is 71.4 Å². The standard InChI is InChI=1S/C21H36N4O2/c1-16(2)12-18-13-19(24-23-18)15-25-9-7-17(8-10-25)5-6-21(26)22-14-20-4-3-11-27-20/h13,16-17,20H,3-12,14-15H2,1-2H3,(H,22,26)(H,23,24)/t20-/m1/s1. The maximum Gasteiger partial charge on any atom is 0.220 e. The van der Waals surface area contributed by atoms with Crippen molar-refractivity contribution in [3.8, 4) is 0 Å². The Balaban J connectivity index is 1.29. The molecule has 6 heteroatoms. The molecule has 0 bridgehead atoms. The summed E-state index contributed by atoms with van der Waals surface area (Å²) in [6.45, 7) is 9.15. The first-order valence-electron chi connectivity index (χ1n) is 10.7. The highest BCUT2D eigenvalue weighted by atomic mass is 16.5. The smallest absolute Gasteiger partial charge is 0.220 e. The van der Waals surface area contributed by atoms with Crippen LogP contribution in [0.2, 0.25) is 0 Å². The van der Waals surface area contributed by atoms with E-state index in [9.17, 15) is 4.79 Å². The molecular weight excluding hydrogens is 340 g/mol. The van der Waals surface area contributed by atoms with E-state index in [1.807, 2.05) is 0 Å². The van der Waals surface area contributed by atoms with Crippen LogP contribution in [0.4, 0.5) is 0 Å². The Morgan fingerprint density at radius 2 is 2.19 bits per heavy atom. The highest BCUT2D eigenvalue weighted by molar-refractivity contribution is 5.75. The van der Waals surface area contributed by atoms with Crippen molar-refractivity contribution in [2.24, 2.45) is 11.8 Å². The van der Waals surface area contributed by atoms with Crippen LogP contribution in [0.5, 0.6) is 0 Å². The van der Waals surface area contributed by atoms with Gasteiger partial charge in [0.05, 0.1) is 11.8 Å². The molecule has 3 heterocycles. The molecule has 1 aromatic heterocycles. The lowest BCUT2D eigenvalue weighted by Crippen LogP contribution is -2.35. The van der Waals surface area contributed by atoms with Gasteiger partial charge in [-0.2, -0.15) is 5.10 Å². The monoisotopic (exact) mass is 376 g/mol. The van der Waals surface area contributed by atoms with Crippen molar-refractivity contribution in [1.82, 2.24) is 20.4 Å². The number of hydrogen-bond acceptors (Lipinski definition) is 4. The molecule has 0 radical (unpaired) electrons. The van der Waals surface area contributed by atoms with Gasteiger partial charge in [-0.3, -0.25) is 14.8 Å². The van der Waals surface area contributed by atoms with Gasteiger partial charge in [-0.15, -0.1) is 0 Å². The first-order valence-corrected chi connectivity index (χ1v) is 10.7. The van der Waals surface area contributed by atoms with Crippen LogP contribution in [0, 0.1) is 11.8 Å². The molecule has 1 atom stereocenters. The number of nitrogens with one attached hydrogen (secondary N) is 2. The summed E-state index contributed by atoms with van der Waals surface area (Å²) in [5.41, 5.74) is 2.39. The number of piperidine rings is 1. The zero-order chi connectivity index (χ0) is 19.1. The predicted molar refractivity (Wildman–Crippen MR) is 106 cm³/mol. The average molecular weight is 377 g/mol. The maximum absolute atomic E-state index is 12.0. The van der Waals surface area contributed by atoms with Gasteiger partial charge in [0.2, 0.25) is 5.91 Å². The Bertz CT molecular complexity index is 572. The minimum Gasteiger partial charge on any atom is -0.376 e. The largest absolute Gasteiger partial charge is 0.376 e. The summed E-state index contributed by atoms with van der Waals surface area (Å²) < 4.78 is 5.55. The number of aromatic amines is 1. The molecule has 2 saturated heterocycles. The molecule has 2 N–H and O–H groups in total. The Kier molecular flexibility index (Phi) is 7.70. The summed E-state index contributed by atoms with van der Waals surface area (Å²) >= 11 is 0. The van der Waals surface area contributed by atoms with Crippen molar-refractivity contribution in [2.75, 3.05) is 26.2 Å². The second kappa shape index (κ2) is 10.2. The zero-order valence-corrected chi connectivity index (χ0v) is 17.0. The van der Waals surface area contributed by atoms with E-state index in [1.165, 1.54) is 24.2 Å². The number of likely N-dealkylation sites (tertiary alicyclic amines) is 1. The number of nitrogens with zero attached hydrogens (tertiary/aromatic N) is 2. The Morgan fingerprint density at radius 3 is 2.89 bits per heavy atom. The third-order valence-electron chi connectivity index (χ3n) is 5.73. The fraction of sp³-hybridized carbons (Fsp3) is 0.810. The van der Waals surface area contributed by atoms with Crippen molar-refractivity contribution in [1.29, 1.82) is 0 Å². The third kappa shape index (κ3) is 6.92. The van der Waals surface area contributed by atoms with E-state index in [-0.39, 0.29) is 12.0 Å². The van der Waals surface area contributed by atoms with Gasteiger partial charge in [-0.25, -0.2) is 0 Å². The molecule has 0 aromatic carbocycles. The molecule has 27 heavy (non-hydrogen) atoms. The fourth-order valence-corrected chi connectivity index (χ4v) is 4.14. The van der Waals surface area contributed by atoms with Gasteiger partial charge < -0.3 is 10.1 Å². The number of carbonyl (C=O) groups is 1. The SMILES string of the molecule is CC(C)Cc1cc(CN2CCC(CCC(=O)NC[C@H]3CCCO3)CC2)[nH]n1. The van der Waals surface area contributed by atoms with Gasteiger partial charge in [-0.1, -0.05) is 13.8 Å². The van der Waals surface area contributed by atoms with Crippen molar-refractivity contribution >= 4 is 5.91 Å². The van der Waals surface area contributed by atoms with Crippen LogP contribution in [0.15, 0.2) is 6.07 Å². The number of amides is 1. The number of rotatable bonds is 9. The van der Waals surface area contributed by atoms with Gasteiger partial charge in [0, 0.05) is 31.8 Å². The second-order valence-electron chi connectivity index (χ2n) is 8.68. The van der Waals surface area contributed by atoms with Gasteiger partial charge in [-0.05, 0) is 69.5 Å². The quantitative estimate of drug-likeness (QED) is 0.695. The molecule has 0 unspecified atom stereocenters. The van der Waals surface area contributed by atoms with Crippen LogP contribution >= 0.6 is 0 Å². The highest BCUT2D eigenvalue weighted by Crippen LogP contribution is 2.23. The molecule has 1 amide bonds. The summed E-state index contributed by atoms with van der Waals surface area (Å²) in [5, 5.41) is 10.7. The summed E-state index contributed by atoms with van der Waals surface area (Å²) in [4.78, 5) is 14.5. The van der Waals surface area contributed by atoms with Crippen LogP contribution in [0.3, 0.4) is 0 Å². The number of H-pyrrole nitrogens is 1. The van der Waals surface area contributed by atoms with E-state index in [0.717, 1.165) is 51.9 Å². The Labute approximate surface area is 163 Å². The van der Waals surface area contributed by atoms with E-state index in [1.54, 1.807) is 0 Å². The summed E-state index contributed by atoms with van der Waals surface area (Å²) in [5.74, 6) is 1.50. The van der Waals surface area contributed by atoms with Crippen molar-refractivity contribution in [3.63, 3.8) is 0 Å². The molecule has 152 valence electrons. The van der Waals surface area contributed by atoms with Crippen LogP contribution < -0.4 is 5.32 Å². The van der Waals surface area contributed by atoms with Crippen LogP contribution in [0.25, 0.3) is 0 Å². The molecule has 3 rings (SSSR count). The van der Waals surface area contributed by atoms with Crippen molar-refractivity contribution in [3.05, 3.63) is 17.5 Å². The normalized spacial score (nSPS) is 21.8. The molecule has 6 nitrogen and oxygen atoms in total. The van der Waals surface area contributed by atoms with Crippen LogP contribution in [-0.4, -0.2) is 53.3 Å². The number of ether oxygens (including phenoxy) is 1. The molecular formula is C21H36N4O2. The fourth-order valence-electron chi connectivity index (χ4n) is 4.14. The first-order chi connectivity index (χ1) is 13.1. The maximum atomic E-state index is 12.0. The van der Waals surface area contributed by atoms with E-state index in [2.05, 4.69) is 40.3 Å². The van der Waals surface area contributed by atoms with Gasteiger partial charge in [0.25, 0.3) is 0 Å². The lowest BCUT2D eigenvalue weighted by Gasteiger charge is -2.31. The molecule has 2 aliphatic rings. The summed E-state index contributed by atoms with van der Waals surface area (Å²) in [7, 11) is 0. The third-order valence-corrected chi connectivity index (χ3v) is 5.73. The van der Waals surface area contributed by atoms with Gasteiger partial charge in [0.15, 0.2) is 0 Å². The first kappa shape index (κ1) is 20.3. The minimum absolute atomic E-state index is 0.183. The second-order valence-corrected chi connectivity index (χ2v) is 8.68. The molecule has 0 aliphatic carbocycles. The average Bonchev–Trinajstić information content (AvgIpc) is 3.31. The molecule has 1 aromatic rings. The summed E-state index contributed by atoms with van der Waals surface area (Å²) in [6.07, 6.45) is 7.50. The number of aromatic nitrogens is 2. The minimum atomic E-state index is 0.183. The van der Waals surface area contributed by atoms with Gasteiger partial charge in [0.1, 0.15) is 0 Å². The Morgan fingerprint density at radius 1 is 1.37 bits per heavy atom. The number of hydrogen-bond donors (Lipinski definition) is 2. The lowest BCUT2D eigenvalue weighted by atomic mass is 9.92. The van der Waals surface area contributed by atoms with E-state index in [0.29, 0.717) is 24.8 Å². The predicted octanol–water partition coefficient (Wildman–Crippen LogP) is 2.90. The van der Waals surface area contributed by atoms with Gasteiger partial charge >= 0.3 is 0 Å². The Hall–Kier alpha value is -1.40. The molecule has 0 saturated carbocycles. The topological polar surface area (TPSA) is 70.2 Å².